The van der Waals surface area contributed by atoms with Crippen LogP contribution in [0.25, 0.3) is 151 Å². The first-order valence-corrected chi connectivity index (χ1v) is 28.3. The van der Waals surface area contributed by atoms with Gasteiger partial charge in [-0.05, 0) is 90.7 Å². The summed E-state index contributed by atoms with van der Waals surface area (Å²) in [7, 11) is 0. The molecular formula is C74H49N9. The summed E-state index contributed by atoms with van der Waals surface area (Å²) in [5.41, 5.74) is 17.8. The topological polar surface area (TPSA) is 84.2 Å². The van der Waals surface area contributed by atoms with E-state index in [1.165, 1.54) is 27.1 Å². The zero-order valence-electron chi connectivity index (χ0n) is 45.1. The Labute approximate surface area is 477 Å². The number of aromatic nitrogens is 9. The van der Waals surface area contributed by atoms with Crippen LogP contribution >= 0.6 is 0 Å². The van der Waals surface area contributed by atoms with Crippen LogP contribution in [0, 0.1) is 5.92 Å². The molecule has 0 amide bonds. The third kappa shape index (κ3) is 7.37. The molecule has 9 heteroatoms. The molecule has 17 rings (SSSR count). The maximum Gasteiger partial charge on any atom is 0.238 e. The Bertz CT molecular complexity index is 5190. The third-order valence-corrected chi connectivity index (χ3v) is 16.8. The highest BCUT2D eigenvalue weighted by Gasteiger charge is 2.27. The number of benzene rings is 10. The Morgan fingerprint density at radius 2 is 0.783 bits per heavy atom. The summed E-state index contributed by atoms with van der Waals surface area (Å²) < 4.78 is 9.41. The summed E-state index contributed by atoms with van der Waals surface area (Å²) in [6.07, 6.45) is 5.53. The van der Waals surface area contributed by atoms with Crippen LogP contribution in [0.2, 0.25) is 0 Å². The number of fused-ring (bicyclic) bond motifs is 13. The molecule has 1 unspecified atom stereocenters. The molecule has 390 valence electrons. The number of hydrogen-bond donors (Lipinski definition) is 0. The van der Waals surface area contributed by atoms with Crippen LogP contribution in [0.15, 0.2) is 255 Å². The van der Waals surface area contributed by atoms with E-state index in [2.05, 4.69) is 250 Å². The lowest BCUT2D eigenvalue weighted by molar-refractivity contribution is 0.716. The predicted octanol–water partition coefficient (Wildman–Crippen LogP) is 17.8. The van der Waals surface area contributed by atoms with E-state index in [9.17, 15) is 0 Å². The number of nitrogens with zero attached hydrogens (tertiary/aromatic N) is 9. The Morgan fingerprint density at radius 3 is 1.36 bits per heavy atom. The normalized spacial score (nSPS) is 13.4. The van der Waals surface area contributed by atoms with E-state index in [-0.39, 0.29) is 0 Å². The van der Waals surface area contributed by atoms with E-state index < -0.39 is 0 Å². The monoisotopic (exact) mass is 1060 g/mol. The lowest BCUT2D eigenvalue weighted by atomic mass is 9.93. The number of allylic oxidation sites excluding steroid dienone is 1. The van der Waals surface area contributed by atoms with E-state index in [1.54, 1.807) is 0 Å². The van der Waals surface area contributed by atoms with E-state index >= 15 is 0 Å². The summed E-state index contributed by atoms with van der Waals surface area (Å²) in [6.45, 7) is 2.30. The molecular weight excluding hydrogens is 1010 g/mol. The first kappa shape index (κ1) is 46.8. The van der Waals surface area contributed by atoms with Crippen molar-refractivity contribution in [2.45, 2.75) is 13.3 Å². The molecule has 0 N–H and O–H groups in total. The van der Waals surface area contributed by atoms with Crippen LogP contribution in [0.4, 0.5) is 0 Å². The van der Waals surface area contributed by atoms with E-state index in [4.69, 9.17) is 24.9 Å². The average molecular weight is 1060 g/mol. The van der Waals surface area contributed by atoms with Crippen LogP contribution in [0.3, 0.4) is 0 Å². The van der Waals surface area contributed by atoms with Crippen LogP contribution in [-0.4, -0.2) is 43.2 Å². The fourth-order valence-corrected chi connectivity index (χ4v) is 13.1. The fourth-order valence-electron chi connectivity index (χ4n) is 13.1. The lowest BCUT2D eigenvalue weighted by Crippen LogP contribution is -2.09. The third-order valence-electron chi connectivity index (χ3n) is 16.8. The van der Waals surface area contributed by atoms with Crippen LogP contribution in [0.1, 0.15) is 18.2 Å². The van der Waals surface area contributed by atoms with Crippen molar-refractivity contribution in [3.8, 4) is 68.6 Å². The van der Waals surface area contributed by atoms with Gasteiger partial charge in [-0.1, -0.05) is 195 Å². The molecule has 6 heterocycles. The van der Waals surface area contributed by atoms with Gasteiger partial charge >= 0.3 is 0 Å². The molecule has 83 heavy (non-hydrogen) atoms. The maximum atomic E-state index is 5.42. The molecule has 0 aliphatic heterocycles. The van der Waals surface area contributed by atoms with Crippen molar-refractivity contribution in [3.05, 3.63) is 266 Å². The highest BCUT2D eigenvalue weighted by atomic mass is 15.2. The van der Waals surface area contributed by atoms with Gasteiger partial charge in [-0.2, -0.15) is 9.97 Å². The van der Waals surface area contributed by atoms with E-state index in [0.29, 0.717) is 29.5 Å². The fraction of sp³-hybridized carbons (Fsp3) is 0.0405. The van der Waals surface area contributed by atoms with Crippen molar-refractivity contribution in [1.29, 1.82) is 0 Å². The summed E-state index contributed by atoms with van der Waals surface area (Å²) in [6, 6.07) is 88.0. The lowest BCUT2D eigenvalue weighted by Gasteiger charge is -2.16. The quantitative estimate of drug-likeness (QED) is 0.151. The standard InChI is InChI=1S/C74H49N9/c1-46-37-38-64-56(41-46)58-43-57-53-31-14-17-34-61(53)81(67(57)45-68(58)83(64)73-75-59(47-21-6-2-7-22-47)44-60(76-73)48-23-8-3-9-24-48)52-30-20-29-51(42-52)80-62-35-18-15-32-54(62)69-65(80)39-40-66-70(69)55-33-16-19-36-63(55)82(66)74-78-71(49-25-10-4-11-26-49)77-72(79-74)50-27-12-5-13-28-50/h2-40,42-46H,41H2,1H3. The predicted molar refractivity (Wildman–Crippen MR) is 339 cm³/mol. The minimum absolute atomic E-state index is 0.380. The van der Waals surface area contributed by atoms with Gasteiger partial charge in [0.2, 0.25) is 11.9 Å². The second kappa shape index (κ2) is 18.5. The van der Waals surface area contributed by atoms with Gasteiger partial charge in [0.25, 0.3) is 0 Å². The summed E-state index contributed by atoms with van der Waals surface area (Å²) in [4.78, 5) is 26.4. The van der Waals surface area contributed by atoms with Crippen molar-refractivity contribution in [2.75, 3.05) is 0 Å². The summed E-state index contributed by atoms with van der Waals surface area (Å²) in [5.74, 6) is 2.82. The molecule has 0 bridgehead atoms. The first-order valence-electron chi connectivity index (χ1n) is 28.3. The molecule has 1 atom stereocenters. The van der Waals surface area contributed by atoms with Crippen molar-refractivity contribution >= 4 is 82.4 Å². The SMILES string of the molecule is CC1C=Cc2c(c3cc4c5ccccc5n(-c5cccc(-n6c7ccccc7c7c8c9ccccc9n(-c9nc(-c%10ccccc%10)nc(-c%10ccccc%10)n9)c8ccc76)c5)c4cc3n2-c2nc(-c3ccccc3)cc(-c3ccccc3)n2)C1. The number of rotatable bonds is 8. The molecule has 0 radical (unpaired) electrons. The Balaban J connectivity index is 0.880. The second-order valence-corrected chi connectivity index (χ2v) is 21.7. The van der Waals surface area contributed by atoms with Crippen molar-refractivity contribution in [1.82, 2.24) is 43.2 Å². The Hall–Kier alpha value is -11.0. The van der Waals surface area contributed by atoms with Gasteiger partial charge in [0.05, 0.1) is 55.7 Å². The first-order chi connectivity index (χ1) is 41.1. The highest BCUT2D eigenvalue weighted by Crippen LogP contribution is 2.45. The molecule has 1 aliphatic carbocycles. The molecule has 10 aromatic carbocycles. The Morgan fingerprint density at radius 1 is 0.325 bits per heavy atom. The van der Waals surface area contributed by atoms with Gasteiger partial charge < -0.3 is 9.13 Å². The minimum atomic E-state index is 0.380. The van der Waals surface area contributed by atoms with Crippen LogP contribution < -0.4 is 0 Å². The largest absolute Gasteiger partial charge is 0.309 e. The zero-order chi connectivity index (χ0) is 54.7. The van der Waals surface area contributed by atoms with Crippen molar-refractivity contribution in [2.24, 2.45) is 5.92 Å². The van der Waals surface area contributed by atoms with Gasteiger partial charge in [0, 0.05) is 71.3 Å². The smallest absolute Gasteiger partial charge is 0.238 e. The number of hydrogen-bond acceptors (Lipinski definition) is 5. The van der Waals surface area contributed by atoms with Gasteiger partial charge in [-0.15, -0.1) is 0 Å². The van der Waals surface area contributed by atoms with E-state index in [1.807, 2.05) is 36.4 Å². The maximum absolute atomic E-state index is 5.42. The van der Waals surface area contributed by atoms with Crippen LogP contribution in [0.5, 0.6) is 0 Å². The van der Waals surface area contributed by atoms with E-state index in [0.717, 1.165) is 112 Å². The molecule has 6 aromatic heterocycles. The molecule has 0 saturated heterocycles. The summed E-state index contributed by atoms with van der Waals surface area (Å²) >= 11 is 0. The number of para-hydroxylation sites is 3. The minimum Gasteiger partial charge on any atom is -0.309 e. The van der Waals surface area contributed by atoms with Crippen molar-refractivity contribution < 1.29 is 0 Å². The summed E-state index contributed by atoms with van der Waals surface area (Å²) in [5, 5.41) is 8.21. The molecule has 0 spiro atoms. The van der Waals surface area contributed by atoms with Crippen molar-refractivity contribution in [3.63, 3.8) is 0 Å². The van der Waals surface area contributed by atoms with Crippen LogP contribution in [-0.2, 0) is 6.42 Å². The van der Waals surface area contributed by atoms with Gasteiger partial charge in [-0.25, -0.2) is 15.0 Å². The Kier molecular flexibility index (Phi) is 10.5. The molecule has 9 nitrogen and oxygen atoms in total. The molecule has 0 saturated carbocycles. The van der Waals surface area contributed by atoms with Gasteiger partial charge in [0.15, 0.2) is 11.6 Å². The highest BCUT2D eigenvalue weighted by molar-refractivity contribution is 6.29. The second-order valence-electron chi connectivity index (χ2n) is 21.7. The average Bonchev–Trinajstić information content (AvgIpc) is 1.84. The molecule has 16 aromatic rings. The zero-order valence-corrected chi connectivity index (χ0v) is 45.1. The van der Waals surface area contributed by atoms with Gasteiger partial charge in [-0.3, -0.25) is 9.13 Å². The molecule has 0 fully saturated rings. The molecule has 1 aliphatic rings. The van der Waals surface area contributed by atoms with Gasteiger partial charge in [0.1, 0.15) is 0 Å².